The summed E-state index contributed by atoms with van der Waals surface area (Å²) in [6.07, 6.45) is 2.82. The van der Waals surface area contributed by atoms with Crippen molar-refractivity contribution in [1.29, 1.82) is 0 Å². The summed E-state index contributed by atoms with van der Waals surface area (Å²) in [6, 6.07) is 0. The normalized spacial score (nSPS) is 15.2. The highest BCUT2D eigenvalue weighted by molar-refractivity contribution is 7.15. The summed E-state index contributed by atoms with van der Waals surface area (Å²) in [6.45, 7) is 10.7. The van der Waals surface area contributed by atoms with Gasteiger partial charge in [-0.1, -0.05) is 6.92 Å². The molecule has 0 spiro atoms. The molecule has 3 nitrogen and oxygen atoms in total. The van der Waals surface area contributed by atoms with Crippen LogP contribution in [0.5, 0.6) is 0 Å². The predicted molar refractivity (Wildman–Crippen MR) is 74.8 cm³/mol. The number of thiazole rings is 1. The van der Waals surface area contributed by atoms with Gasteiger partial charge in [-0.15, -0.1) is 11.3 Å². The number of nitrogens with zero attached hydrogens (tertiary/aromatic N) is 2. The smallest absolute Gasteiger partial charge is 0.185 e. The molecule has 1 N–H and O–H groups in total. The Morgan fingerprint density at radius 3 is 2.76 bits per heavy atom. The van der Waals surface area contributed by atoms with Crippen LogP contribution in [0.1, 0.15) is 37.3 Å². The first-order valence-corrected chi connectivity index (χ1v) is 7.48. The van der Waals surface area contributed by atoms with Gasteiger partial charge in [-0.05, 0) is 39.2 Å². The van der Waals surface area contributed by atoms with Crippen molar-refractivity contribution in [2.75, 3.05) is 24.5 Å². The van der Waals surface area contributed by atoms with E-state index >= 15 is 0 Å². The maximum absolute atomic E-state index is 4.72. The van der Waals surface area contributed by atoms with Crippen molar-refractivity contribution in [3.63, 3.8) is 0 Å². The molecular formula is C13H23N3S. The first-order chi connectivity index (χ1) is 8.24. The first kappa shape index (κ1) is 12.8. The average Bonchev–Trinajstić information content (AvgIpc) is 3.07. The van der Waals surface area contributed by atoms with Crippen LogP contribution in [0.3, 0.4) is 0 Å². The monoisotopic (exact) mass is 253 g/mol. The van der Waals surface area contributed by atoms with Gasteiger partial charge >= 0.3 is 0 Å². The lowest BCUT2D eigenvalue weighted by molar-refractivity contribution is 0.729. The Morgan fingerprint density at radius 2 is 2.18 bits per heavy atom. The predicted octanol–water partition coefficient (Wildman–Crippen LogP) is 2.80. The van der Waals surface area contributed by atoms with Crippen molar-refractivity contribution in [3.8, 4) is 0 Å². The van der Waals surface area contributed by atoms with Crippen molar-refractivity contribution in [1.82, 2.24) is 10.3 Å². The fourth-order valence-corrected chi connectivity index (χ4v) is 3.01. The molecule has 0 saturated heterocycles. The molecule has 0 aliphatic heterocycles. The van der Waals surface area contributed by atoms with E-state index in [1.54, 1.807) is 0 Å². The molecule has 1 aromatic rings. The van der Waals surface area contributed by atoms with E-state index in [4.69, 9.17) is 4.98 Å². The average molecular weight is 253 g/mol. The van der Waals surface area contributed by atoms with Crippen LogP contribution in [0.25, 0.3) is 0 Å². The number of rotatable bonds is 7. The second kappa shape index (κ2) is 5.83. The highest BCUT2D eigenvalue weighted by Crippen LogP contribution is 2.33. The quantitative estimate of drug-likeness (QED) is 0.810. The molecule has 4 heteroatoms. The minimum Gasteiger partial charge on any atom is -0.348 e. The molecule has 0 amide bonds. The van der Waals surface area contributed by atoms with E-state index in [1.807, 2.05) is 11.3 Å². The van der Waals surface area contributed by atoms with Crippen LogP contribution in [0.15, 0.2) is 0 Å². The van der Waals surface area contributed by atoms with Gasteiger partial charge in [-0.3, -0.25) is 0 Å². The van der Waals surface area contributed by atoms with Crippen LogP contribution in [0.2, 0.25) is 0 Å². The summed E-state index contributed by atoms with van der Waals surface area (Å²) in [4.78, 5) is 8.54. The minimum atomic E-state index is 0.927. The van der Waals surface area contributed by atoms with Gasteiger partial charge in [0.1, 0.15) is 0 Å². The van der Waals surface area contributed by atoms with Gasteiger partial charge in [0.15, 0.2) is 5.13 Å². The molecule has 17 heavy (non-hydrogen) atoms. The zero-order valence-electron chi connectivity index (χ0n) is 11.1. The summed E-state index contributed by atoms with van der Waals surface area (Å²) < 4.78 is 0. The zero-order chi connectivity index (χ0) is 12.3. The third-order valence-corrected chi connectivity index (χ3v) is 4.46. The Labute approximate surface area is 108 Å². The molecule has 1 heterocycles. The molecule has 0 atom stereocenters. The largest absolute Gasteiger partial charge is 0.348 e. The third kappa shape index (κ3) is 3.42. The van der Waals surface area contributed by atoms with Gasteiger partial charge in [-0.25, -0.2) is 4.98 Å². The van der Waals surface area contributed by atoms with Crippen molar-refractivity contribution in [3.05, 3.63) is 10.6 Å². The molecule has 2 rings (SSSR count). The van der Waals surface area contributed by atoms with Gasteiger partial charge in [0.05, 0.1) is 5.69 Å². The number of hydrogen-bond donors (Lipinski definition) is 1. The third-order valence-electron chi connectivity index (χ3n) is 3.24. The second-order valence-corrected chi connectivity index (χ2v) is 5.83. The van der Waals surface area contributed by atoms with Crippen LogP contribution in [-0.4, -0.2) is 24.6 Å². The number of anilines is 1. The van der Waals surface area contributed by atoms with Gasteiger partial charge in [0, 0.05) is 24.5 Å². The summed E-state index contributed by atoms with van der Waals surface area (Å²) >= 11 is 1.85. The maximum atomic E-state index is 4.72. The van der Waals surface area contributed by atoms with Crippen LogP contribution in [0.4, 0.5) is 5.13 Å². The fraction of sp³-hybridized carbons (Fsp3) is 0.769. The van der Waals surface area contributed by atoms with Crippen molar-refractivity contribution < 1.29 is 0 Å². The van der Waals surface area contributed by atoms with Gasteiger partial charge < -0.3 is 10.2 Å². The molecule has 1 aliphatic carbocycles. The van der Waals surface area contributed by atoms with Crippen LogP contribution in [-0.2, 0) is 6.54 Å². The minimum absolute atomic E-state index is 0.927. The molecule has 0 radical (unpaired) electrons. The van der Waals surface area contributed by atoms with E-state index in [-0.39, 0.29) is 0 Å². The van der Waals surface area contributed by atoms with E-state index in [0.29, 0.717) is 0 Å². The topological polar surface area (TPSA) is 28.2 Å². The SMILES string of the molecule is CCNCc1sc(N(CC)CC2CC2)nc1C. The number of nitrogens with one attached hydrogen (secondary N) is 1. The van der Waals surface area contributed by atoms with E-state index in [9.17, 15) is 0 Å². The molecule has 0 bridgehead atoms. The Bertz CT molecular complexity index is 358. The number of aryl methyl sites for hydroxylation is 1. The van der Waals surface area contributed by atoms with Crippen LogP contribution < -0.4 is 10.2 Å². The molecule has 96 valence electrons. The Kier molecular flexibility index (Phi) is 4.40. The molecule has 1 aliphatic rings. The van der Waals surface area contributed by atoms with Crippen molar-refractivity contribution in [2.24, 2.45) is 5.92 Å². The lowest BCUT2D eigenvalue weighted by Gasteiger charge is -2.19. The highest BCUT2D eigenvalue weighted by Gasteiger charge is 2.25. The van der Waals surface area contributed by atoms with E-state index in [0.717, 1.165) is 25.6 Å². The molecule has 1 aromatic heterocycles. The van der Waals surface area contributed by atoms with Crippen molar-refractivity contribution >= 4 is 16.5 Å². The summed E-state index contributed by atoms with van der Waals surface area (Å²) in [5.74, 6) is 0.927. The van der Waals surface area contributed by atoms with E-state index < -0.39 is 0 Å². The fourth-order valence-electron chi connectivity index (χ4n) is 1.91. The molecule has 1 saturated carbocycles. The number of aromatic nitrogens is 1. The van der Waals surface area contributed by atoms with Gasteiger partial charge in [0.25, 0.3) is 0 Å². The standard InChI is InChI=1S/C13H23N3S/c1-4-14-8-12-10(3)15-13(17-12)16(5-2)9-11-6-7-11/h11,14H,4-9H2,1-3H3. The Hall–Kier alpha value is -0.610. The Morgan fingerprint density at radius 1 is 1.41 bits per heavy atom. The highest BCUT2D eigenvalue weighted by atomic mass is 32.1. The molecule has 0 unspecified atom stereocenters. The van der Waals surface area contributed by atoms with Gasteiger partial charge in [-0.2, -0.15) is 0 Å². The lowest BCUT2D eigenvalue weighted by atomic mass is 10.4. The first-order valence-electron chi connectivity index (χ1n) is 6.66. The van der Waals surface area contributed by atoms with Crippen molar-refractivity contribution in [2.45, 2.75) is 40.2 Å². The van der Waals surface area contributed by atoms with Crippen LogP contribution in [0, 0.1) is 12.8 Å². The Balaban J connectivity index is 2.02. The summed E-state index contributed by atoms with van der Waals surface area (Å²) in [5, 5.41) is 4.59. The maximum Gasteiger partial charge on any atom is 0.185 e. The van der Waals surface area contributed by atoms with E-state index in [2.05, 4.69) is 31.0 Å². The van der Waals surface area contributed by atoms with Crippen LogP contribution >= 0.6 is 11.3 Å². The molecule has 0 aromatic carbocycles. The summed E-state index contributed by atoms with van der Waals surface area (Å²) in [7, 11) is 0. The number of hydrogen-bond acceptors (Lipinski definition) is 4. The lowest BCUT2D eigenvalue weighted by Crippen LogP contribution is -2.24. The summed E-state index contributed by atoms with van der Waals surface area (Å²) in [5.41, 5.74) is 1.19. The second-order valence-electron chi connectivity index (χ2n) is 4.77. The molecule has 1 fully saturated rings. The zero-order valence-corrected chi connectivity index (χ0v) is 11.9. The van der Waals surface area contributed by atoms with E-state index in [1.165, 1.54) is 35.1 Å². The molecular weight excluding hydrogens is 230 g/mol. The van der Waals surface area contributed by atoms with Gasteiger partial charge in [0.2, 0.25) is 0 Å².